The number of para-hydroxylation sites is 1. The van der Waals surface area contributed by atoms with Crippen molar-refractivity contribution in [3.05, 3.63) is 43.0 Å². The van der Waals surface area contributed by atoms with Gasteiger partial charge in [0.05, 0.1) is 19.0 Å². The average molecular weight is 556 g/mol. The minimum absolute atomic E-state index is 0.0631. The second-order valence-electron chi connectivity index (χ2n) is 13.4. The fourth-order valence-corrected chi connectivity index (χ4v) is 6.39. The summed E-state index contributed by atoms with van der Waals surface area (Å²) in [4.78, 5) is 13.7. The van der Waals surface area contributed by atoms with E-state index in [2.05, 4.69) is 88.0 Å². The van der Waals surface area contributed by atoms with Crippen molar-refractivity contribution in [1.82, 2.24) is 19.5 Å². The molecule has 3 aromatic rings. The predicted octanol–water partition coefficient (Wildman–Crippen LogP) is 7.27. The minimum atomic E-state index is -2.03. The zero-order valence-electron chi connectivity index (χ0n) is 24.7. The number of hydrogen-bond acceptors (Lipinski definition) is 7. The molecule has 3 unspecified atom stereocenters. The van der Waals surface area contributed by atoms with Gasteiger partial charge in [-0.25, -0.2) is 15.0 Å². The quantitative estimate of drug-likeness (QED) is 0.293. The second kappa shape index (κ2) is 10.5. The highest BCUT2D eigenvalue weighted by Crippen LogP contribution is 2.43. The molecule has 38 heavy (non-hydrogen) atoms. The third-order valence-electron chi connectivity index (χ3n) is 8.55. The lowest BCUT2D eigenvalue weighted by atomic mass is 10.2. The highest BCUT2D eigenvalue weighted by atomic mass is 28.4. The van der Waals surface area contributed by atoms with Gasteiger partial charge in [-0.15, -0.1) is 0 Å². The molecule has 8 nitrogen and oxygen atoms in total. The first-order valence-corrected chi connectivity index (χ1v) is 19.4. The third kappa shape index (κ3) is 6.04. The van der Waals surface area contributed by atoms with E-state index >= 15 is 0 Å². The van der Waals surface area contributed by atoms with Gasteiger partial charge in [0.1, 0.15) is 18.7 Å². The second-order valence-corrected chi connectivity index (χ2v) is 23.0. The van der Waals surface area contributed by atoms with Crippen LogP contribution in [0, 0.1) is 0 Å². The molecule has 1 aromatic carbocycles. The zero-order valence-corrected chi connectivity index (χ0v) is 26.7. The summed E-state index contributed by atoms with van der Waals surface area (Å²) in [5.74, 6) is 0.671. The van der Waals surface area contributed by atoms with Crippen molar-refractivity contribution < 1.29 is 13.6 Å². The van der Waals surface area contributed by atoms with Crippen molar-refractivity contribution in [2.75, 3.05) is 11.9 Å². The zero-order chi connectivity index (χ0) is 27.9. The van der Waals surface area contributed by atoms with E-state index in [1.807, 2.05) is 34.9 Å². The summed E-state index contributed by atoms with van der Waals surface area (Å²) in [5.41, 5.74) is 2.40. The van der Waals surface area contributed by atoms with Crippen molar-refractivity contribution in [1.29, 1.82) is 0 Å². The molecule has 208 valence electrons. The monoisotopic (exact) mass is 555 g/mol. The molecule has 1 saturated heterocycles. The maximum atomic E-state index is 6.94. The first-order valence-electron chi connectivity index (χ1n) is 13.6. The molecule has 1 aliphatic rings. The Morgan fingerprint density at radius 1 is 0.947 bits per heavy atom. The van der Waals surface area contributed by atoms with Gasteiger partial charge in [0.25, 0.3) is 0 Å². The molecule has 0 aliphatic carbocycles. The van der Waals surface area contributed by atoms with Crippen LogP contribution in [0.4, 0.5) is 11.5 Å². The number of rotatable bonds is 8. The Balaban J connectivity index is 1.61. The molecule has 1 fully saturated rings. The summed E-state index contributed by atoms with van der Waals surface area (Å²) < 4.78 is 22.3. The van der Waals surface area contributed by atoms with Crippen molar-refractivity contribution in [3.8, 4) is 0 Å². The summed E-state index contributed by atoms with van der Waals surface area (Å²) in [7, 11) is -3.97. The lowest BCUT2D eigenvalue weighted by molar-refractivity contribution is -0.0383. The Kier molecular flexibility index (Phi) is 7.95. The molecule has 0 saturated carbocycles. The van der Waals surface area contributed by atoms with Gasteiger partial charge in [0.15, 0.2) is 33.6 Å². The Morgan fingerprint density at radius 2 is 1.61 bits per heavy atom. The first kappa shape index (κ1) is 28.9. The summed E-state index contributed by atoms with van der Waals surface area (Å²) in [6.45, 7) is 23.3. The van der Waals surface area contributed by atoms with Gasteiger partial charge in [-0.1, -0.05) is 59.7 Å². The van der Waals surface area contributed by atoms with Crippen LogP contribution < -0.4 is 5.32 Å². The molecular formula is C28H45N5O3Si2. The van der Waals surface area contributed by atoms with E-state index in [0.717, 1.165) is 17.8 Å². The molecule has 1 N–H and O–H groups in total. The van der Waals surface area contributed by atoms with Gasteiger partial charge in [-0.05, 0) is 48.4 Å². The van der Waals surface area contributed by atoms with Crippen LogP contribution in [-0.4, -0.2) is 55.0 Å². The Labute approximate surface area is 229 Å². The van der Waals surface area contributed by atoms with E-state index < -0.39 is 16.6 Å². The molecule has 3 heterocycles. The fraction of sp³-hybridized carbons (Fsp3) is 0.607. The van der Waals surface area contributed by atoms with Gasteiger partial charge >= 0.3 is 0 Å². The van der Waals surface area contributed by atoms with E-state index in [4.69, 9.17) is 13.6 Å². The van der Waals surface area contributed by atoms with E-state index in [-0.39, 0.29) is 28.5 Å². The molecule has 3 atom stereocenters. The van der Waals surface area contributed by atoms with Gasteiger partial charge in [0.2, 0.25) is 0 Å². The van der Waals surface area contributed by atoms with Crippen molar-refractivity contribution in [3.63, 3.8) is 0 Å². The van der Waals surface area contributed by atoms with E-state index in [1.165, 1.54) is 0 Å². The molecule has 0 spiro atoms. The SMILES string of the molecule is CC(C)(C)[Si](C)(C)OCC1OC(n2cnc3c(Nc4ccccc4)ncnc32)CC1O[Si](C)(C)C(C)(C)C. The van der Waals surface area contributed by atoms with E-state index in [0.29, 0.717) is 17.9 Å². The normalized spacial score (nSPS) is 21.3. The molecule has 10 heteroatoms. The van der Waals surface area contributed by atoms with Crippen LogP contribution in [0.15, 0.2) is 43.0 Å². The molecular weight excluding hydrogens is 511 g/mol. The topological polar surface area (TPSA) is 83.3 Å². The van der Waals surface area contributed by atoms with Crippen LogP contribution in [0.5, 0.6) is 0 Å². The number of fused-ring (bicyclic) bond motifs is 1. The summed E-state index contributed by atoms with van der Waals surface area (Å²) in [5, 5.41) is 3.59. The molecule has 0 radical (unpaired) electrons. The fourth-order valence-electron chi connectivity index (χ4n) is 4.02. The minimum Gasteiger partial charge on any atom is -0.414 e. The van der Waals surface area contributed by atoms with Crippen LogP contribution in [0.25, 0.3) is 11.2 Å². The van der Waals surface area contributed by atoms with Crippen LogP contribution in [0.1, 0.15) is 54.2 Å². The largest absolute Gasteiger partial charge is 0.414 e. The lowest BCUT2D eigenvalue weighted by Gasteiger charge is -2.40. The summed E-state index contributed by atoms with van der Waals surface area (Å²) >= 11 is 0. The maximum absolute atomic E-state index is 6.94. The van der Waals surface area contributed by atoms with Crippen LogP contribution >= 0.6 is 0 Å². The highest BCUT2D eigenvalue weighted by molar-refractivity contribution is 6.74. The van der Waals surface area contributed by atoms with Crippen LogP contribution in [0.2, 0.25) is 36.3 Å². The highest BCUT2D eigenvalue weighted by Gasteiger charge is 2.46. The first-order chi connectivity index (χ1) is 17.6. The Hall–Kier alpha value is -2.12. The molecule has 4 rings (SSSR count). The number of hydrogen-bond donors (Lipinski definition) is 1. The van der Waals surface area contributed by atoms with Crippen LogP contribution in [-0.2, 0) is 13.6 Å². The number of anilines is 2. The number of nitrogens with one attached hydrogen (secondary N) is 1. The standard InChI is InChI=1S/C28H45N5O3Si2/c1-27(2,3)37(7,8)34-17-22-21(36-38(9,10)28(4,5)6)16-23(35-22)33-19-31-24-25(29-18-30-26(24)33)32-20-14-12-11-13-15-20/h11-15,18-19,21-23H,16-17H2,1-10H3,(H,29,30,32). The predicted molar refractivity (Wildman–Crippen MR) is 159 cm³/mol. The van der Waals surface area contributed by atoms with Crippen molar-refractivity contribution in [2.45, 2.75) is 103 Å². The number of imidazole rings is 1. The number of nitrogens with zero attached hydrogens (tertiary/aromatic N) is 4. The molecule has 0 bridgehead atoms. The van der Waals surface area contributed by atoms with Gasteiger partial charge < -0.3 is 18.9 Å². The molecule has 0 amide bonds. The van der Waals surface area contributed by atoms with Gasteiger partial charge in [-0.3, -0.25) is 4.57 Å². The molecule has 1 aliphatic heterocycles. The molecule has 2 aromatic heterocycles. The lowest BCUT2D eigenvalue weighted by Crippen LogP contribution is -2.48. The maximum Gasteiger partial charge on any atom is 0.192 e. The van der Waals surface area contributed by atoms with E-state index in [9.17, 15) is 0 Å². The third-order valence-corrected chi connectivity index (χ3v) is 17.6. The average Bonchev–Trinajstić information content (AvgIpc) is 3.41. The number of benzene rings is 1. The smallest absolute Gasteiger partial charge is 0.192 e. The number of aromatic nitrogens is 4. The van der Waals surface area contributed by atoms with Gasteiger partial charge in [-0.2, -0.15) is 0 Å². The van der Waals surface area contributed by atoms with Crippen molar-refractivity contribution in [2.24, 2.45) is 0 Å². The Morgan fingerprint density at radius 3 is 2.24 bits per heavy atom. The van der Waals surface area contributed by atoms with Gasteiger partial charge in [0, 0.05) is 12.1 Å². The van der Waals surface area contributed by atoms with Crippen molar-refractivity contribution >= 4 is 39.3 Å². The summed E-state index contributed by atoms with van der Waals surface area (Å²) in [6, 6.07) is 9.96. The summed E-state index contributed by atoms with van der Waals surface area (Å²) in [6.07, 6.45) is 3.62. The van der Waals surface area contributed by atoms with E-state index in [1.54, 1.807) is 12.7 Å². The Bertz CT molecular complexity index is 1230. The number of ether oxygens (including phenoxy) is 1. The van der Waals surface area contributed by atoms with Crippen LogP contribution in [0.3, 0.4) is 0 Å².